The van der Waals surface area contributed by atoms with Crippen molar-refractivity contribution in [2.24, 2.45) is 0 Å². The zero-order chi connectivity index (χ0) is 12.3. The minimum atomic E-state index is -0.382. The third kappa shape index (κ3) is 2.66. The van der Waals surface area contributed by atoms with Crippen LogP contribution in [0.1, 0.15) is 16.1 Å². The van der Waals surface area contributed by atoms with E-state index in [-0.39, 0.29) is 11.7 Å². The molecule has 0 saturated heterocycles. The summed E-state index contributed by atoms with van der Waals surface area (Å²) in [6, 6.07) is 9.31. The quantitative estimate of drug-likeness (QED) is 0.861. The molecule has 0 aliphatic heterocycles. The Morgan fingerprint density at radius 3 is 2.82 bits per heavy atom. The second kappa shape index (κ2) is 4.74. The molecule has 0 atom stereocenters. The number of nitrogens with one attached hydrogen (secondary N) is 1. The van der Waals surface area contributed by atoms with E-state index in [9.17, 15) is 9.18 Å². The van der Waals surface area contributed by atoms with Crippen molar-refractivity contribution < 1.29 is 9.18 Å². The average molecular weight is 230 g/mol. The van der Waals surface area contributed by atoms with Gasteiger partial charge in [-0.15, -0.1) is 0 Å². The molecule has 0 aliphatic rings. The molecule has 0 spiro atoms. The van der Waals surface area contributed by atoms with Crippen LogP contribution in [0.3, 0.4) is 0 Å². The molecule has 3 nitrogen and oxygen atoms in total. The fourth-order valence-corrected chi connectivity index (χ4v) is 1.41. The summed E-state index contributed by atoms with van der Waals surface area (Å²) in [4.78, 5) is 15.7. The molecule has 1 aromatic carbocycles. The fraction of sp³-hybridized carbons (Fsp3) is 0.0769. The number of nitrogens with zero attached hydrogens (tertiary/aromatic N) is 1. The zero-order valence-corrected chi connectivity index (χ0v) is 9.27. The Morgan fingerprint density at radius 1 is 1.29 bits per heavy atom. The Balaban J connectivity index is 2.22. The topological polar surface area (TPSA) is 42.0 Å². The van der Waals surface area contributed by atoms with Gasteiger partial charge in [0.2, 0.25) is 0 Å². The Morgan fingerprint density at radius 2 is 2.12 bits per heavy atom. The largest absolute Gasteiger partial charge is 0.320 e. The number of pyridine rings is 1. The molecule has 0 fully saturated rings. The fourth-order valence-electron chi connectivity index (χ4n) is 1.41. The van der Waals surface area contributed by atoms with E-state index in [1.165, 1.54) is 18.3 Å². The minimum Gasteiger partial charge on any atom is -0.320 e. The number of carbonyl (C=O) groups excluding carboxylic acids is 1. The molecule has 2 rings (SSSR count). The van der Waals surface area contributed by atoms with E-state index >= 15 is 0 Å². The van der Waals surface area contributed by atoms with Gasteiger partial charge in [-0.3, -0.25) is 9.78 Å². The van der Waals surface area contributed by atoms with E-state index in [4.69, 9.17) is 0 Å². The highest BCUT2D eigenvalue weighted by Gasteiger charge is 2.08. The number of halogens is 1. The average Bonchev–Trinajstić information content (AvgIpc) is 2.35. The van der Waals surface area contributed by atoms with E-state index in [1.54, 1.807) is 31.2 Å². The molecule has 17 heavy (non-hydrogen) atoms. The third-order valence-electron chi connectivity index (χ3n) is 2.35. The molecule has 2 aromatic rings. The first-order valence-corrected chi connectivity index (χ1v) is 5.15. The lowest BCUT2D eigenvalue weighted by Gasteiger charge is -2.07. The highest BCUT2D eigenvalue weighted by atomic mass is 19.1. The van der Waals surface area contributed by atoms with Crippen LogP contribution in [0.15, 0.2) is 42.6 Å². The third-order valence-corrected chi connectivity index (χ3v) is 2.35. The Hall–Kier alpha value is -2.23. The monoisotopic (exact) mass is 230 g/mol. The summed E-state index contributed by atoms with van der Waals surface area (Å²) < 4.78 is 13.0. The number of aryl methyl sites for hydroxylation is 1. The van der Waals surface area contributed by atoms with Gasteiger partial charge in [0, 0.05) is 11.9 Å². The van der Waals surface area contributed by atoms with Gasteiger partial charge in [-0.2, -0.15) is 0 Å². The summed E-state index contributed by atoms with van der Waals surface area (Å²) in [5.74, 6) is -0.730. The zero-order valence-electron chi connectivity index (χ0n) is 9.27. The van der Waals surface area contributed by atoms with Crippen molar-refractivity contribution in [1.82, 2.24) is 4.98 Å². The standard InChI is InChI=1S/C13H11FN2O/c1-9-5-6-10(14)8-12(9)16-13(17)11-4-2-3-7-15-11/h2-8H,1H3,(H,16,17). The first kappa shape index (κ1) is 11.3. The maximum absolute atomic E-state index is 13.0. The van der Waals surface area contributed by atoms with E-state index in [0.717, 1.165) is 5.56 Å². The maximum atomic E-state index is 13.0. The second-order valence-corrected chi connectivity index (χ2v) is 3.63. The Labute approximate surface area is 98.3 Å². The van der Waals surface area contributed by atoms with Crippen molar-refractivity contribution in [3.8, 4) is 0 Å². The van der Waals surface area contributed by atoms with Crippen LogP contribution in [-0.2, 0) is 0 Å². The molecule has 1 heterocycles. The smallest absolute Gasteiger partial charge is 0.274 e. The highest BCUT2D eigenvalue weighted by Crippen LogP contribution is 2.16. The SMILES string of the molecule is Cc1ccc(F)cc1NC(=O)c1ccccn1. The number of benzene rings is 1. The Bertz CT molecular complexity index is 540. The first-order valence-electron chi connectivity index (χ1n) is 5.15. The number of rotatable bonds is 2. The van der Waals surface area contributed by atoms with Gasteiger partial charge in [0.1, 0.15) is 11.5 Å². The number of carbonyl (C=O) groups is 1. The Kier molecular flexibility index (Phi) is 3.14. The molecular weight excluding hydrogens is 219 g/mol. The van der Waals surface area contributed by atoms with Gasteiger partial charge in [0.25, 0.3) is 5.91 Å². The summed E-state index contributed by atoms with van der Waals surface area (Å²) in [6.07, 6.45) is 1.54. The second-order valence-electron chi connectivity index (χ2n) is 3.63. The van der Waals surface area contributed by atoms with Crippen LogP contribution in [0, 0.1) is 12.7 Å². The molecule has 4 heteroatoms. The molecule has 1 amide bonds. The molecule has 0 radical (unpaired) electrons. The van der Waals surface area contributed by atoms with Crippen LogP contribution in [0.4, 0.5) is 10.1 Å². The predicted molar refractivity (Wildman–Crippen MR) is 63.3 cm³/mol. The molecular formula is C13H11FN2O. The van der Waals surface area contributed by atoms with Crippen molar-refractivity contribution in [3.63, 3.8) is 0 Å². The van der Waals surface area contributed by atoms with Gasteiger partial charge in [0.05, 0.1) is 0 Å². The number of aromatic nitrogens is 1. The summed E-state index contributed by atoms with van der Waals surface area (Å²) in [5.41, 5.74) is 1.56. The van der Waals surface area contributed by atoms with Crippen molar-refractivity contribution in [1.29, 1.82) is 0 Å². The number of amides is 1. The van der Waals surface area contributed by atoms with Gasteiger partial charge in [-0.25, -0.2) is 4.39 Å². The highest BCUT2D eigenvalue weighted by molar-refractivity contribution is 6.03. The molecule has 1 N–H and O–H groups in total. The van der Waals surface area contributed by atoms with Crippen molar-refractivity contribution in [3.05, 3.63) is 59.7 Å². The normalized spacial score (nSPS) is 10.0. The van der Waals surface area contributed by atoms with Gasteiger partial charge in [-0.1, -0.05) is 12.1 Å². The van der Waals surface area contributed by atoms with Crippen LogP contribution in [-0.4, -0.2) is 10.9 Å². The van der Waals surface area contributed by atoms with Gasteiger partial charge >= 0.3 is 0 Å². The molecule has 0 unspecified atom stereocenters. The van der Waals surface area contributed by atoms with Crippen LogP contribution in [0.25, 0.3) is 0 Å². The van der Waals surface area contributed by atoms with E-state index in [0.29, 0.717) is 11.4 Å². The van der Waals surface area contributed by atoms with E-state index < -0.39 is 0 Å². The molecule has 0 saturated carbocycles. The van der Waals surface area contributed by atoms with Crippen molar-refractivity contribution in [2.75, 3.05) is 5.32 Å². The number of hydrogen-bond acceptors (Lipinski definition) is 2. The van der Waals surface area contributed by atoms with Crippen molar-refractivity contribution in [2.45, 2.75) is 6.92 Å². The van der Waals surface area contributed by atoms with Crippen LogP contribution in [0.2, 0.25) is 0 Å². The van der Waals surface area contributed by atoms with Crippen LogP contribution in [0.5, 0.6) is 0 Å². The summed E-state index contributed by atoms with van der Waals surface area (Å²) in [6.45, 7) is 1.80. The van der Waals surface area contributed by atoms with Gasteiger partial charge in [-0.05, 0) is 36.8 Å². The lowest BCUT2D eigenvalue weighted by molar-refractivity contribution is 0.102. The van der Waals surface area contributed by atoms with Crippen LogP contribution >= 0.6 is 0 Å². The van der Waals surface area contributed by atoms with Crippen molar-refractivity contribution >= 4 is 11.6 Å². The minimum absolute atomic E-state index is 0.302. The predicted octanol–water partition coefficient (Wildman–Crippen LogP) is 2.78. The number of hydrogen-bond donors (Lipinski definition) is 1. The summed E-state index contributed by atoms with van der Waals surface area (Å²) in [7, 11) is 0. The van der Waals surface area contributed by atoms with Crippen LogP contribution < -0.4 is 5.32 Å². The molecule has 0 aliphatic carbocycles. The lowest BCUT2D eigenvalue weighted by Crippen LogP contribution is -2.14. The van der Waals surface area contributed by atoms with Gasteiger partial charge < -0.3 is 5.32 Å². The number of anilines is 1. The summed E-state index contributed by atoms with van der Waals surface area (Å²) in [5, 5.41) is 2.63. The molecule has 1 aromatic heterocycles. The summed E-state index contributed by atoms with van der Waals surface area (Å²) >= 11 is 0. The lowest BCUT2D eigenvalue weighted by atomic mass is 10.2. The first-order chi connectivity index (χ1) is 8.16. The van der Waals surface area contributed by atoms with Gasteiger partial charge in [0.15, 0.2) is 0 Å². The molecule has 0 bridgehead atoms. The van der Waals surface area contributed by atoms with E-state index in [2.05, 4.69) is 10.3 Å². The van der Waals surface area contributed by atoms with E-state index in [1.807, 2.05) is 0 Å². The molecule has 86 valence electrons. The maximum Gasteiger partial charge on any atom is 0.274 e.